The highest BCUT2D eigenvalue weighted by Crippen LogP contribution is 2.01. The maximum atomic E-state index is 12.4. The lowest BCUT2D eigenvalue weighted by Crippen LogP contribution is -2.58. The lowest BCUT2D eigenvalue weighted by atomic mass is 10.1. The highest BCUT2D eigenvalue weighted by atomic mass is 16.4. The predicted molar refractivity (Wildman–Crippen MR) is 113 cm³/mol. The molecule has 4 atom stereocenters. The van der Waals surface area contributed by atoms with Crippen LogP contribution >= 0.6 is 0 Å². The molecule has 0 aromatic heterocycles. The minimum absolute atomic E-state index is 0.118. The van der Waals surface area contributed by atoms with Gasteiger partial charge in [0.25, 0.3) is 0 Å². The van der Waals surface area contributed by atoms with Gasteiger partial charge in [-0.15, -0.1) is 0 Å². The van der Waals surface area contributed by atoms with Crippen LogP contribution in [0, 0.1) is 0 Å². The molecule has 3 amide bonds. The maximum absolute atomic E-state index is 12.4. The van der Waals surface area contributed by atoms with Crippen LogP contribution in [0.4, 0.5) is 0 Å². The van der Waals surface area contributed by atoms with Crippen molar-refractivity contribution in [1.29, 1.82) is 0 Å². The summed E-state index contributed by atoms with van der Waals surface area (Å²) in [6, 6.07) is -6.49. The highest BCUT2D eigenvalue weighted by Gasteiger charge is 2.32. The van der Waals surface area contributed by atoms with Crippen molar-refractivity contribution < 1.29 is 49.2 Å². The van der Waals surface area contributed by atoms with E-state index in [-0.39, 0.29) is 18.9 Å². The van der Waals surface area contributed by atoms with Crippen LogP contribution < -0.4 is 33.2 Å². The molecule has 13 N–H and O–H groups in total. The van der Waals surface area contributed by atoms with Gasteiger partial charge in [0.15, 0.2) is 5.96 Å². The molecule has 0 aliphatic rings. The number of nitrogens with zero attached hydrogens (tertiary/aromatic N) is 1. The number of aliphatic hydroxyl groups excluding tert-OH is 1. The number of hydrogen-bond acceptors (Lipinski definition) is 9. The highest BCUT2D eigenvalue weighted by molar-refractivity contribution is 5.96. The van der Waals surface area contributed by atoms with Crippen molar-refractivity contribution in [2.24, 2.45) is 22.2 Å². The summed E-state index contributed by atoms with van der Waals surface area (Å²) in [5.74, 6) is -8.27. The molecule has 0 bridgehead atoms. The molecule has 0 spiro atoms. The van der Waals surface area contributed by atoms with Gasteiger partial charge >= 0.3 is 17.9 Å². The number of aliphatic imine (C=N–C) groups is 1. The van der Waals surface area contributed by atoms with Crippen molar-refractivity contribution >= 4 is 41.6 Å². The van der Waals surface area contributed by atoms with Gasteiger partial charge in [-0.05, 0) is 12.8 Å². The van der Waals surface area contributed by atoms with Gasteiger partial charge in [0.05, 0.1) is 25.5 Å². The van der Waals surface area contributed by atoms with Crippen molar-refractivity contribution in [3.63, 3.8) is 0 Å². The molecular weight excluding hydrogens is 462 g/mol. The van der Waals surface area contributed by atoms with Crippen molar-refractivity contribution in [2.75, 3.05) is 13.2 Å². The van der Waals surface area contributed by atoms with E-state index >= 15 is 0 Å². The Morgan fingerprint density at radius 3 is 1.71 bits per heavy atom. The fourth-order valence-electron chi connectivity index (χ4n) is 2.43. The minimum atomic E-state index is -1.90. The number of nitrogens with two attached hydrogens (primary N) is 3. The number of carboxylic acids is 3. The summed E-state index contributed by atoms with van der Waals surface area (Å²) in [5.41, 5.74) is 16.0. The molecule has 0 heterocycles. The molecule has 0 saturated carbocycles. The van der Waals surface area contributed by atoms with Crippen LogP contribution in [0.25, 0.3) is 0 Å². The Bertz CT molecular complexity index is 800. The molecule has 0 radical (unpaired) electrons. The van der Waals surface area contributed by atoms with E-state index in [1.54, 1.807) is 0 Å². The molecule has 0 aliphatic heterocycles. The second-order valence-corrected chi connectivity index (χ2v) is 6.96. The molecular formula is C17H29N7O10. The molecule has 192 valence electrons. The summed E-state index contributed by atoms with van der Waals surface area (Å²) < 4.78 is 0. The molecule has 4 unspecified atom stereocenters. The van der Waals surface area contributed by atoms with Crippen LogP contribution in [0.3, 0.4) is 0 Å². The molecule has 0 rings (SSSR count). The first-order valence-electron chi connectivity index (χ1n) is 9.77. The molecule has 0 aromatic rings. The second kappa shape index (κ2) is 15.0. The number of carbonyl (C=O) groups excluding carboxylic acids is 3. The normalized spacial score (nSPS) is 13.9. The number of carbonyl (C=O) groups is 6. The monoisotopic (exact) mass is 491 g/mol. The zero-order valence-corrected chi connectivity index (χ0v) is 18.0. The van der Waals surface area contributed by atoms with Gasteiger partial charge in [0.2, 0.25) is 17.7 Å². The molecule has 34 heavy (non-hydrogen) atoms. The van der Waals surface area contributed by atoms with Gasteiger partial charge in [-0.25, -0.2) is 4.79 Å². The van der Waals surface area contributed by atoms with Crippen LogP contribution in [0.15, 0.2) is 4.99 Å². The quantitative estimate of drug-likeness (QED) is 0.0549. The van der Waals surface area contributed by atoms with Crippen LogP contribution in [0.5, 0.6) is 0 Å². The van der Waals surface area contributed by atoms with E-state index in [1.165, 1.54) is 0 Å². The fraction of sp³-hybridized carbons (Fsp3) is 0.588. The number of guanidine groups is 1. The largest absolute Gasteiger partial charge is 0.481 e. The molecule has 0 fully saturated rings. The molecule has 0 saturated heterocycles. The number of aliphatic hydroxyl groups is 1. The third-order valence-electron chi connectivity index (χ3n) is 4.12. The topological polar surface area (TPSA) is 310 Å². The van der Waals surface area contributed by atoms with Crippen LogP contribution in [-0.4, -0.2) is 99.3 Å². The summed E-state index contributed by atoms with van der Waals surface area (Å²) in [4.78, 5) is 73.5. The van der Waals surface area contributed by atoms with E-state index in [4.69, 9.17) is 32.5 Å². The van der Waals surface area contributed by atoms with Crippen molar-refractivity contribution in [1.82, 2.24) is 16.0 Å². The zero-order chi connectivity index (χ0) is 26.4. The number of amides is 3. The predicted octanol–water partition coefficient (Wildman–Crippen LogP) is -5.15. The van der Waals surface area contributed by atoms with Gasteiger partial charge in [-0.3, -0.25) is 29.0 Å². The van der Waals surface area contributed by atoms with Gasteiger partial charge in [-0.2, -0.15) is 0 Å². The number of hydrogen-bond donors (Lipinski definition) is 10. The summed E-state index contributed by atoms with van der Waals surface area (Å²) in [6.07, 6.45) is -1.57. The number of rotatable bonds is 16. The third-order valence-corrected chi connectivity index (χ3v) is 4.12. The van der Waals surface area contributed by atoms with E-state index in [9.17, 15) is 33.9 Å². The molecule has 17 nitrogen and oxygen atoms in total. The maximum Gasteiger partial charge on any atom is 0.326 e. The first-order valence-corrected chi connectivity index (χ1v) is 9.77. The third kappa shape index (κ3) is 12.2. The van der Waals surface area contributed by atoms with Gasteiger partial charge < -0.3 is 53.6 Å². The van der Waals surface area contributed by atoms with Crippen molar-refractivity contribution in [2.45, 2.75) is 49.9 Å². The van der Waals surface area contributed by atoms with E-state index in [1.807, 2.05) is 10.6 Å². The van der Waals surface area contributed by atoms with Crippen LogP contribution in [0.1, 0.15) is 25.7 Å². The zero-order valence-electron chi connectivity index (χ0n) is 18.0. The first kappa shape index (κ1) is 30.0. The summed E-state index contributed by atoms with van der Waals surface area (Å²) in [5, 5.41) is 42.1. The Balaban J connectivity index is 5.18. The summed E-state index contributed by atoms with van der Waals surface area (Å²) in [7, 11) is 0. The average Bonchev–Trinajstić information content (AvgIpc) is 2.72. The van der Waals surface area contributed by atoms with Gasteiger partial charge in [0.1, 0.15) is 18.1 Å². The van der Waals surface area contributed by atoms with Crippen LogP contribution in [-0.2, 0) is 28.8 Å². The second-order valence-electron chi connectivity index (χ2n) is 6.96. The fourth-order valence-corrected chi connectivity index (χ4v) is 2.43. The standard InChI is InChI=1S/C17H29N7O10/c18-7(2-1-3-21-17(19)20)13(30)24-10(6-25)15(32)22-8(4-11(26)27)14(31)23-9(16(33)34)5-12(28)29/h7-10,25H,1-6,18H2,(H,22,32)(H,23,31)(H,24,30)(H,26,27)(H,28,29)(H,33,34)(H4,19,20,21). The summed E-state index contributed by atoms with van der Waals surface area (Å²) >= 11 is 0. The Morgan fingerprint density at radius 1 is 0.765 bits per heavy atom. The van der Waals surface area contributed by atoms with Gasteiger partial charge in [-0.1, -0.05) is 0 Å². The lowest BCUT2D eigenvalue weighted by molar-refractivity contribution is -0.148. The SMILES string of the molecule is NC(N)=NCCCC(N)C(=O)NC(CO)C(=O)NC(CC(=O)O)C(=O)NC(CC(=O)O)C(=O)O. The smallest absolute Gasteiger partial charge is 0.326 e. The Labute approximate surface area is 192 Å². The number of nitrogens with one attached hydrogen (secondary N) is 3. The van der Waals surface area contributed by atoms with Crippen molar-refractivity contribution in [3.8, 4) is 0 Å². The molecule has 0 aliphatic carbocycles. The lowest BCUT2D eigenvalue weighted by Gasteiger charge is -2.23. The van der Waals surface area contributed by atoms with E-state index in [2.05, 4.69) is 10.3 Å². The Morgan fingerprint density at radius 2 is 1.24 bits per heavy atom. The van der Waals surface area contributed by atoms with Crippen LogP contribution in [0.2, 0.25) is 0 Å². The Kier molecular flexibility index (Phi) is 13.2. The Hall–Kier alpha value is -3.99. The minimum Gasteiger partial charge on any atom is -0.481 e. The summed E-state index contributed by atoms with van der Waals surface area (Å²) in [6.45, 7) is -0.755. The number of aliphatic carboxylic acids is 3. The van der Waals surface area contributed by atoms with Crippen molar-refractivity contribution in [3.05, 3.63) is 0 Å². The van der Waals surface area contributed by atoms with E-state index in [0.29, 0.717) is 6.42 Å². The first-order chi connectivity index (χ1) is 15.8. The van der Waals surface area contributed by atoms with E-state index < -0.39 is 79.2 Å². The number of carboxylic acid groups (broad SMARTS) is 3. The van der Waals surface area contributed by atoms with E-state index in [0.717, 1.165) is 0 Å². The molecule has 17 heteroatoms. The van der Waals surface area contributed by atoms with Gasteiger partial charge in [0, 0.05) is 6.54 Å². The average molecular weight is 491 g/mol. The molecule has 0 aromatic carbocycles.